The van der Waals surface area contributed by atoms with Crippen LogP contribution in [0.5, 0.6) is 5.75 Å². The van der Waals surface area contributed by atoms with Gasteiger partial charge in [-0.1, -0.05) is 34.1 Å². The highest BCUT2D eigenvalue weighted by Gasteiger charge is 2.23. The maximum atomic E-state index is 12.1. The van der Waals surface area contributed by atoms with Crippen LogP contribution in [0.1, 0.15) is 28.4 Å². The van der Waals surface area contributed by atoms with E-state index in [4.69, 9.17) is 9.47 Å². The molecule has 1 aliphatic heterocycles. The first-order valence-corrected chi connectivity index (χ1v) is 8.36. The lowest BCUT2D eigenvalue weighted by molar-refractivity contribution is -0.125. The van der Waals surface area contributed by atoms with Crippen molar-refractivity contribution in [2.45, 2.75) is 12.5 Å². The summed E-state index contributed by atoms with van der Waals surface area (Å²) in [7, 11) is 0. The van der Waals surface area contributed by atoms with Crippen LogP contribution in [-0.4, -0.2) is 25.1 Å². The maximum absolute atomic E-state index is 12.1. The molecule has 124 valence electrons. The number of ether oxygens (including phenoxy) is 2. The first-order chi connectivity index (χ1) is 11.6. The Morgan fingerprint density at radius 1 is 1.17 bits per heavy atom. The van der Waals surface area contributed by atoms with Gasteiger partial charge in [-0.15, -0.1) is 0 Å². The fraction of sp³-hybridized carbons (Fsp3) is 0.222. The van der Waals surface area contributed by atoms with Crippen LogP contribution < -0.4 is 10.1 Å². The molecule has 24 heavy (non-hydrogen) atoms. The Hall–Kier alpha value is -2.34. The summed E-state index contributed by atoms with van der Waals surface area (Å²) in [6, 6.07) is 14.2. The van der Waals surface area contributed by atoms with Crippen LogP contribution in [0, 0.1) is 0 Å². The molecule has 0 aromatic heterocycles. The Morgan fingerprint density at radius 2 is 1.92 bits per heavy atom. The molecule has 0 fully saturated rings. The molecule has 0 spiro atoms. The molecule has 0 radical (unpaired) electrons. The number of esters is 1. The Balaban J connectivity index is 1.55. The highest BCUT2D eigenvalue weighted by atomic mass is 79.9. The van der Waals surface area contributed by atoms with Gasteiger partial charge in [0.05, 0.1) is 18.2 Å². The fourth-order valence-corrected chi connectivity index (χ4v) is 2.79. The smallest absolute Gasteiger partial charge is 0.338 e. The summed E-state index contributed by atoms with van der Waals surface area (Å²) < 4.78 is 11.5. The predicted octanol–water partition coefficient (Wildman–Crippen LogP) is 3.25. The van der Waals surface area contributed by atoms with Gasteiger partial charge < -0.3 is 14.8 Å². The van der Waals surface area contributed by atoms with E-state index in [1.165, 1.54) is 0 Å². The number of nitrogens with one attached hydrogen (secondary N) is 1. The van der Waals surface area contributed by atoms with Gasteiger partial charge in [0, 0.05) is 16.5 Å². The van der Waals surface area contributed by atoms with Crippen LogP contribution in [0.4, 0.5) is 0 Å². The minimum atomic E-state index is -0.523. The number of carbonyl (C=O) groups excluding carboxylic acids is 2. The molecular weight excluding hydrogens is 374 g/mol. The van der Waals surface area contributed by atoms with Gasteiger partial charge in [0.25, 0.3) is 5.91 Å². The van der Waals surface area contributed by atoms with Crippen LogP contribution in [0.2, 0.25) is 0 Å². The Kier molecular flexibility index (Phi) is 5.15. The number of amides is 1. The molecule has 0 saturated heterocycles. The number of halogens is 1. The molecule has 1 N–H and O–H groups in total. The van der Waals surface area contributed by atoms with Gasteiger partial charge in [0.1, 0.15) is 5.75 Å². The van der Waals surface area contributed by atoms with Gasteiger partial charge in [0.15, 0.2) is 6.61 Å². The first kappa shape index (κ1) is 16.5. The number of fused-ring (bicyclic) bond motifs is 1. The SMILES string of the molecule is O=C(COC(=O)c1ccc(Br)cc1)NC1CCOc2ccccc21. The van der Waals surface area contributed by atoms with Crippen molar-refractivity contribution in [3.8, 4) is 5.75 Å². The summed E-state index contributed by atoms with van der Waals surface area (Å²) in [6.07, 6.45) is 0.684. The van der Waals surface area contributed by atoms with E-state index in [2.05, 4.69) is 21.2 Å². The number of rotatable bonds is 4. The van der Waals surface area contributed by atoms with Crippen molar-refractivity contribution < 1.29 is 19.1 Å². The predicted molar refractivity (Wildman–Crippen MR) is 91.9 cm³/mol. The maximum Gasteiger partial charge on any atom is 0.338 e. The molecule has 1 aliphatic rings. The lowest BCUT2D eigenvalue weighted by Crippen LogP contribution is -2.35. The summed E-state index contributed by atoms with van der Waals surface area (Å²) in [5, 5.41) is 2.89. The van der Waals surface area contributed by atoms with E-state index in [9.17, 15) is 9.59 Å². The van der Waals surface area contributed by atoms with E-state index in [-0.39, 0.29) is 18.6 Å². The molecule has 1 unspecified atom stereocenters. The van der Waals surface area contributed by atoms with E-state index < -0.39 is 5.97 Å². The Labute approximate surface area is 148 Å². The Bertz CT molecular complexity index is 745. The molecule has 1 amide bonds. The average molecular weight is 390 g/mol. The van der Waals surface area contributed by atoms with Crippen molar-refractivity contribution in [1.82, 2.24) is 5.32 Å². The van der Waals surface area contributed by atoms with Crippen molar-refractivity contribution in [3.05, 3.63) is 64.1 Å². The third-order valence-electron chi connectivity index (χ3n) is 3.71. The normalized spacial score (nSPS) is 15.8. The molecule has 1 atom stereocenters. The molecule has 3 rings (SSSR count). The van der Waals surface area contributed by atoms with Gasteiger partial charge >= 0.3 is 5.97 Å². The topological polar surface area (TPSA) is 64.6 Å². The highest BCUT2D eigenvalue weighted by molar-refractivity contribution is 9.10. The lowest BCUT2D eigenvalue weighted by Gasteiger charge is -2.26. The van der Waals surface area contributed by atoms with E-state index in [0.29, 0.717) is 18.6 Å². The largest absolute Gasteiger partial charge is 0.493 e. The zero-order valence-electron chi connectivity index (χ0n) is 12.8. The van der Waals surface area contributed by atoms with Crippen LogP contribution >= 0.6 is 15.9 Å². The second-order valence-electron chi connectivity index (χ2n) is 5.38. The second kappa shape index (κ2) is 7.49. The van der Waals surface area contributed by atoms with Crippen molar-refractivity contribution >= 4 is 27.8 Å². The number of hydrogen-bond donors (Lipinski definition) is 1. The van der Waals surface area contributed by atoms with Gasteiger partial charge in [-0.3, -0.25) is 4.79 Å². The zero-order valence-corrected chi connectivity index (χ0v) is 14.4. The molecule has 6 heteroatoms. The summed E-state index contributed by atoms with van der Waals surface area (Å²) in [5.74, 6) is -0.0758. The summed E-state index contributed by atoms with van der Waals surface area (Å²) in [6.45, 7) is 0.231. The summed E-state index contributed by atoms with van der Waals surface area (Å²) in [4.78, 5) is 24.0. The van der Waals surface area contributed by atoms with Crippen molar-refractivity contribution in [1.29, 1.82) is 0 Å². The monoisotopic (exact) mass is 389 g/mol. The van der Waals surface area contributed by atoms with E-state index in [1.54, 1.807) is 24.3 Å². The zero-order chi connectivity index (χ0) is 16.9. The Morgan fingerprint density at radius 3 is 2.71 bits per heavy atom. The van der Waals surface area contributed by atoms with Gasteiger partial charge in [0.2, 0.25) is 0 Å². The molecule has 0 bridgehead atoms. The molecule has 5 nitrogen and oxygen atoms in total. The summed E-state index contributed by atoms with van der Waals surface area (Å²) >= 11 is 3.30. The third-order valence-corrected chi connectivity index (χ3v) is 4.24. The van der Waals surface area contributed by atoms with Gasteiger partial charge in [-0.25, -0.2) is 4.79 Å². The summed E-state index contributed by atoms with van der Waals surface area (Å²) in [5.41, 5.74) is 1.35. The standard InChI is InChI=1S/C18H16BrNO4/c19-13-7-5-12(6-8-13)18(22)24-11-17(21)20-15-9-10-23-16-4-2-1-3-14(15)16/h1-8,15H,9-11H2,(H,20,21). The van der Waals surface area contributed by atoms with E-state index >= 15 is 0 Å². The molecule has 0 aliphatic carbocycles. The molecular formula is C18H16BrNO4. The average Bonchev–Trinajstić information content (AvgIpc) is 2.61. The number of hydrogen-bond acceptors (Lipinski definition) is 4. The van der Waals surface area contributed by atoms with Crippen molar-refractivity contribution in [2.75, 3.05) is 13.2 Å². The van der Waals surface area contributed by atoms with Crippen LogP contribution in [0.25, 0.3) is 0 Å². The van der Waals surface area contributed by atoms with E-state index in [0.717, 1.165) is 15.8 Å². The van der Waals surface area contributed by atoms with Gasteiger partial charge in [-0.2, -0.15) is 0 Å². The van der Waals surface area contributed by atoms with Crippen molar-refractivity contribution in [2.24, 2.45) is 0 Å². The second-order valence-corrected chi connectivity index (χ2v) is 6.29. The fourth-order valence-electron chi connectivity index (χ4n) is 2.53. The molecule has 0 saturated carbocycles. The number of para-hydroxylation sites is 1. The van der Waals surface area contributed by atoms with Crippen molar-refractivity contribution in [3.63, 3.8) is 0 Å². The number of carbonyl (C=O) groups is 2. The molecule has 2 aromatic rings. The van der Waals surface area contributed by atoms with E-state index in [1.807, 2.05) is 24.3 Å². The quantitative estimate of drug-likeness (QED) is 0.815. The first-order valence-electron chi connectivity index (χ1n) is 7.57. The molecule has 1 heterocycles. The third kappa shape index (κ3) is 3.94. The highest BCUT2D eigenvalue weighted by Crippen LogP contribution is 2.31. The van der Waals surface area contributed by atoms with Crippen LogP contribution in [-0.2, 0) is 9.53 Å². The minimum Gasteiger partial charge on any atom is -0.493 e. The lowest BCUT2D eigenvalue weighted by atomic mass is 10.0. The van der Waals surface area contributed by atoms with Gasteiger partial charge in [-0.05, 0) is 30.3 Å². The number of benzene rings is 2. The van der Waals surface area contributed by atoms with Crippen LogP contribution in [0.3, 0.4) is 0 Å². The minimum absolute atomic E-state index is 0.131. The molecule has 2 aromatic carbocycles. The van der Waals surface area contributed by atoms with Crippen LogP contribution in [0.15, 0.2) is 53.0 Å².